The van der Waals surface area contributed by atoms with Gasteiger partial charge < -0.3 is 15.2 Å². The van der Waals surface area contributed by atoms with Crippen molar-refractivity contribution in [3.8, 4) is 16.9 Å². The number of halogens is 2. The number of nitrogens with zero attached hydrogens (tertiary/aromatic N) is 2. The predicted molar refractivity (Wildman–Crippen MR) is 118 cm³/mol. The van der Waals surface area contributed by atoms with Crippen LogP contribution in [0.2, 0.25) is 5.02 Å². The number of aromatic nitrogens is 2. The van der Waals surface area contributed by atoms with E-state index in [1.165, 1.54) is 24.3 Å². The topological polar surface area (TPSA) is 93.4 Å². The van der Waals surface area contributed by atoms with Gasteiger partial charge in [0, 0.05) is 43.2 Å². The molecule has 166 valence electrons. The fourth-order valence-electron chi connectivity index (χ4n) is 3.47. The minimum absolute atomic E-state index is 0.0206. The lowest BCUT2D eigenvalue weighted by Gasteiger charge is -2.32. The smallest absolute Gasteiger partial charge is 0.284 e. The summed E-state index contributed by atoms with van der Waals surface area (Å²) in [7, 11) is 0. The molecular formula is C23H21ClFN3O4. The second-order valence-corrected chi connectivity index (χ2v) is 8.10. The van der Waals surface area contributed by atoms with E-state index in [0.717, 1.165) is 10.7 Å². The summed E-state index contributed by atoms with van der Waals surface area (Å²) in [5.74, 6) is -1.20. The Hall–Kier alpha value is -3.07. The van der Waals surface area contributed by atoms with Crippen LogP contribution in [-0.2, 0) is 4.74 Å². The van der Waals surface area contributed by atoms with Gasteiger partial charge in [0.25, 0.3) is 11.5 Å². The Balaban J connectivity index is 1.74. The van der Waals surface area contributed by atoms with E-state index in [-0.39, 0.29) is 17.8 Å². The third-order valence-electron chi connectivity index (χ3n) is 5.35. The van der Waals surface area contributed by atoms with Gasteiger partial charge in [0.15, 0.2) is 0 Å². The average molecular weight is 458 g/mol. The number of hydrogen-bond acceptors (Lipinski definition) is 5. The summed E-state index contributed by atoms with van der Waals surface area (Å²) in [5.41, 5.74) is -0.837. The van der Waals surface area contributed by atoms with Crippen molar-refractivity contribution in [1.29, 1.82) is 0 Å². The van der Waals surface area contributed by atoms with Crippen LogP contribution >= 0.6 is 11.6 Å². The summed E-state index contributed by atoms with van der Waals surface area (Å²) in [6, 6.07) is 13.5. The van der Waals surface area contributed by atoms with Crippen LogP contribution in [0.15, 0.2) is 59.4 Å². The fourth-order valence-corrected chi connectivity index (χ4v) is 3.60. The molecule has 1 fully saturated rings. The molecule has 0 bridgehead atoms. The molecule has 1 saturated heterocycles. The van der Waals surface area contributed by atoms with E-state index in [1.807, 2.05) is 0 Å². The molecule has 1 aliphatic heterocycles. The molecule has 4 rings (SSSR count). The largest absolute Gasteiger partial charge is 0.388 e. The molecule has 0 atom stereocenters. The van der Waals surface area contributed by atoms with Gasteiger partial charge in [-0.2, -0.15) is 9.78 Å². The lowest BCUT2D eigenvalue weighted by molar-refractivity contribution is -0.0605. The number of ether oxygens (including phenoxy) is 1. The molecule has 1 aliphatic rings. The van der Waals surface area contributed by atoms with Gasteiger partial charge in [-0.05, 0) is 36.4 Å². The normalized spacial score (nSPS) is 15.3. The van der Waals surface area contributed by atoms with E-state index < -0.39 is 22.9 Å². The monoisotopic (exact) mass is 457 g/mol. The number of nitrogens with one attached hydrogen (secondary N) is 1. The van der Waals surface area contributed by atoms with Gasteiger partial charge in [0.05, 0.1) is 17.0 Å². The molecule has 0 aliphatic carbocycles. The van der Waals surface area contributed by atoms with Crippen molar-refractivity contribution in [2.75, 3.05) is 19.8 Å². The van der Waals surface area contributed by atoms with Crippen molar-refractivity contribution < 1.29 is 19.0 Å². The summed E-state index contributed by atoms with van der Waals surface area (Å²) in [5, 5.41) is 18.1. The highest BCUT2D eigenvalue weighted by Crippen LogP contribution is 2.22. The maximum Gasteiger partial charge on any atom is 0.284 e. The highest BCUT2D eigenvalue weighted by Gasteiger charge is 2.30. The number of benzene rings is 2. The zero-order valence-electron chi connectivity index (χ0n) is 17.1. The van der Waals surface area contributed by atoms with Crippen LogP contribution in [0.1, 0.15) is 23.2 Å². The number of aliphatic hydroxyl groups is 1. The first-order valence-corrected chi connectivity index (χ1v) is 10.5. The molecule has 1 aromatic heterocycles. The Bertz CT molecular complexity index is 1190. The summed E-state index contributed by atoms with van der Waals surface area (Å²) in [6.07, 6.45) is 0.764. The van der Waals surface area contributed by atoms with Crippen molar-refractivity contribution in [1.82, 2.24) is 15.1 Å². The molecule has 3 aromatic rings. The number of amides is 1. The summed E-state index contributed by atoms with van der Waals surface area (Å²) >= 11 is 5.96. The molecule has 7 nitrogen and oxygen atoms in total. The van der Waals surface area contributed by atoms with E-state index in [2.05, 4.69) is 10.4 Å². The molecule has 32 heavy (non-hydrogen) atoms. The Morgan fingerprint density at radius 3 is 2.59 bits per heavy atom. The van der Waals surface area contributed by atoms with E-state index in [4.69, 9.17) is 16.3 Å². The van der Waals surface area contributed by atoms with E-state index in [9.17, 15) is 19.1 Å². The Morgan fingerprint density at radius 2 is 1.91 bits per heavy atom. The van der Waals surface area contributed by atoms with Crippen LogP contribution < -0.4 is 10.9 Å². The van der Waals surface area contributed by atoms with Crippen LogP contribution in [0, 0.1) is 5.82 Å². The molecule has 1 amide bonds. The zero-order valence-corrected chi connectivity index (χ0v) is 17.8. The Labute approximate surface area is 188 Å². The first kappa shape index (κ1) is 22.1. The minimum Gasteiger partial charge on any atom is -0.388 e. The molecule has 9 heteroatoms. The zero-order chi connectivity index (χ0) is 22.7. The lowest BCUT2D eigenvalue weighted by atomic mass is 9.94. The first-order chi connectivity index (χ1) is 15.3. The predicted octanol–water partition coefficient (Wildman–Crippen LogP) is 2.96. The maximum atomic E-state index is 13.8. The van der Waals surface area contributed by atoms with E-state index in [0.29, 0.717) is 42.3 Å². The van der Waals surface area contributed by atoms with Gasteiger partial charge in [-0.15, -0.1) is 0 Å². The average Bonchev–Trinajstić information content (AvgIpc) is 2.79. The van der Waals surface area contributed by atoms with Gasteiger partial charge in [0.1, 0.15) is 11.4 Å². The first-order valence-electron chi connectivity index (χ1n) is 10.1. The minimum atomic E-state index is -1.10. The van der Waals surface area contributed by atoms with Gasteiger partial charge in [-0.1, -0.05) is 29.8 Å². The maximum absolute atomic E-state index is 13.8. The molecule has 2 heterocycles. The van der Waals surface area contributed by atoms with Crippen molar-refractivity contribution in [2.24, 2.45) is 0 Å². The molecule has 0 unspecified atom stereocenters. The molecule has 2 N–H and O–H groups in total. The van der Waals surface area contributed by atoms with Crippen molar-refractivity contribution in [2.45, 2.75) is 18.4 Å². The third kappa shape index (κ3) is 4.88. The van der Waals surface area contributed by atoms with Gasteiger partial charge >= 0.3 is 0 Å². The SMILES string of the molecule is O=C(NCC1(O)CCOCC1)c1cc(-c2ccc(Cl)cc2)nn(-c2cccc(F)c2)c1=O. The lowest BCUT2D eigenvalue weighted by Crippen LogP contribution is -2.47. The van der Waals surface area contributed by atoms with Crippen LogP contribution in [0.25, 0.3) is 16.9 Å². The highest BCUT2D eigenvalue weighted by molar-refractivity contribution is 6.30. The number of rotatable bonds is 5. The molecule has 0 spiro atoms. The third-order valence-corrected chi connectivity index (χ3v) is 5.60. The Kier molecular flexibility index (Phi) is 6.36. The van der Waals surface area contributed by atoms with Crippen molar-refractivity contribution in [3.63, 3.8) is 0 Å². The molecule has 2 aromatic carbocycles. The molecule has 0 radical (unpaired) electrons. The van der Waals surface area contributed by atoms with Crippen LogP contribution in [0.4, 0.5) is 4.39 Å². The van der Waals surface area contributed by atoms with Crippen LogP contribution in [0.5, 0.6) is 0 Å². The fraction of sp³-hybridized carbons (Fsp3) is 0.261. The van der Waals surface area contributed by atoms with Gasteiger partial charge in [-0.3, -0.25) is 9.59 Å². The standard InChI is InChI=1S/C23H21ClFN3O4/c24-16-6-4-15(5-7-16)20-13-19(21(29)26-14-23(31)8-10-32-11-9-23)22(30)28(27-20)18-3-1-2-17(25)12-18/h1-7,12-13,31H,8-11,14H2,(H,26,29). The van der Waals surface area contributed by atoms with Crippen LogP contribution in [-0.4, -0.2) is 46.2 Å². The number of carbonyl (C=O) groups excluding carboxylic acids is 1. The van der Waals surface area contributed by atoms with Gasteiger partial charge in [-0.25, -0.2) is 4.39 Å². The quantitative estimate of drug-likeness (QED) is 0.614. The summed E-state index contributed by atoms with van der Waals surface area (Å²) in [6.45, 7) is 0.774. The second kappa shape index (κ2) is 9.20. The van der Waals surface area contributed by atoms with E-state index >= 15 is 0 Å². The summed E-state index contributed by atoms with van der Waals surface area (Å²) < 4.78 is 20.0. The van der Waals surface area contributed by atoms with E-state index in [1.54, 1.807) is 24.3 Å². The second-order valence-electron chi connectivity index (χ2n) is 7.67. The van der Waals surface area contributed by atoms with Crippen LogP contribution in [0.3, 0.4) is 0 Å². The summed E-state index contributed by atoms with van der Waals surface area (Å²) in [4.78, 5) is 26.1. The Morgan fingerprint density at radius 1 is 1.19 bits per heavy atom. The van der Waals surface area contributed by atoms with Crippen molar-refractivity contribution in [3.05, 3.63) is 81.4 Å². The van der Waals surface area contributed by atoms with Crippen molar-refractivity contribution >= 4 is 17.5 Å². The van der Waals surface area contributed by atoms with Gasteiger partial charge in [0.2, 0.25) is 0 Å². The number of hydrogen-bond donors (Lipinski definition) is 2. The number of carbonyl (C=O) groups is 1. The molecular weight excluding hydrogens is 437 g/mol. The molecule has 0 saturated carbocycles. The highest BCUT2D eigenvalue weighted by atomic mass is 35.5.